The second-order valence-corrected chi connectivity index (χ2v) is 7.30. The average Bonchev–Trinajstić information content (AvgIpc) is 2.51. The molecule has 2 rings (SSSR count). The molecule has 0 saturated carbocycles. The number of hydrogen-bond acceptors (Lipinski definition) is 2. The van der Waals surface area contributed by atoms with Crippen LogP contribution < -0.4 is 10.6 Å². The summed E-state index contributed by atoms with van der Waals surface area (Å²) < 4.78 is 26.2. The van der Waals surface area contributed by atoms with E-state index in [1.807, 2.05) is 24.3 Å². The number of hydrogen-bond donors (Lipinski definition) is 2. The van der Waals surface area contributed by atoms with Crippen LogP contribution in [0.5, 0.6) is 0 Å². The molecule has 128 valence electrons. The molecule has 2 aromatic rings. The molecule has 0 amide bonds. The second-order valence-electron chi connectivity index (χ2n) is 5.36. The summed E-state index contributed by atoms with van der Waals surface area (Å²) >= 11 is 12.7. The zero-order valence-electron chi connectivity index (χ0n) is 13.0. The van der Waals surface area contributed by atoms with Crippen LogP contribution in [0.4, 0.5) is 14.5 Å². The Balaban J connectivity index is 1.73. The quantitative estimate of drug-likeness (QED) is 0.517. The lowest BCUT2D eigenvalue weighted by molar-refractivity contribution is 0.584. The van der Waals surface area contributed by atoms with Crippen molar-refractivity contribution in [1.82, 2.24) is 5.32 Å². The normalized spacial score (nSPS) is 11.8. The van der Waals surface area contributed by atoms with Gasteiger partial charge in [-0.2, -0.15) is 0 Å². The van der Waals surface area contributed by atoms with Crippen molar-refractivity contribution in [2.24, 2.45) is 5.92 Å². The summed E-state index contributed by atoms with van der Waals surface area (Å²) in [4.78, 5) is 1.15. The van der Waals surface area contributed by atoms with Gasteiger partial charge in [-0.1, -0.05) is 18.5 Å². The van der Waals surface area contributed by atoms with Gasteiger partial charge in [0.2, 0.25) is 0 Å². The van der Waals surface area contributed by atoms with Crippen LogP contribution in [-0.4, -0.2) is 17.4 Å². The van der Waals surface area contributed by atoms with E-state index in [0.717, 1.165) is 21.7 Å². The number of anilines is 1. The van der Waals surface area contributed by atoms with Gasteiger partial charge < -0.3 is 10.6 Å². The van der Waals surface area contributed by atoms with Crippen molar-refractivity contribution < 1.29 is 8.78 Å². The first-order chi connectivity index (χ1) is 11.4. The molecule has 0 saturated heterocycles. The van der Waals surface area contributed by atoms with Crippen molar-refractivity contribution in [2.75, 3.05) is 17.6 Å². The Hall–Kier alpha value is -1.37. The summed E-state index contributed by atoms with van der Waals surface area (Å²) in [7, 11) is 0. The molecular weight excluding hydrogens is 370 g/mol. The molecule has 7 heteroatoms. The Labute approximate surface area is 155 Å². The molecule has 24 heavy (non-hydrogen) atoms. The number of rotatable bonds is 6. The monoisotopic (exact) mass is 386 g/mol. The summed E-state index contributed by atoms with van der Waals surface area (Å²) in [5.74, 6) is -0.0259. The summed E-state index contributed by atoms with van der Waals surface area (Å²) in [5.41, 5.74) is 0.285. The van der Waals surface area contributed by atoms with Crippen LogP contribution in [0.15, 0.2) is 47.4 Å². The predicted octanol–water partition coefficient (Wildman–Crippen LogP) is 5.33. The first-order valence-corrected chi connectivity index (χ1v) is 9.09. The van der Waals surface area contributed by atoms with E-state index in [1.54, 1.807) is 11.8 Å². The summed E-state index contributed by atoms with van der Waals surface area (Å²) in [6.07, 6.45) is 0. The second kappa shape index (κ2) is 9.20. The molecule has 2 aromatic carbocycles. The Kier molecular flexibility index (Phi) is 7.27. The highest BCUT2D eigenvalue weighted by atomic mass is 35.5. The highest BCUT2D eigenvalue weighted by Crippen LogP contribution is 2.22. The van der Waals surface area contributed by atoms with Crippen molar-refractivity contribution in [3.05, 3.63) is 59.1 Å². The van der Waals surface area contributed by atoms with Gasteiger partial charge in [0.25, 0.3) is 0 Å². The number of nitrogens with one attached hydrogen (secondary N) is 2. The van der Waals surface area contributed by atoms with E-state index in [2.05, 4.69) is 17.6 Å². The molecule has 0 unspecified atom stereocenters. The highest BCUT2D eigenvalue weighted by molar-refractivity contribution is 7.99. The maximum absolute atomic E-state index is 13.1. The lowest BCUT2D eigenvalue weighted by Crippen LogP contribution is -2.32. The first kappa shape index (κ1) is 19.0. The van der Waals surface area contributed by atoms with Gasteiger partial charge in [-0.3, -0.25) is 0 Å². The van der Waals surface area contributed by atoms with Crippen molar-refractivity contribution in [1.29, 1.82) is 0 Å². The van der Waals surface area contributed by atoms with E-state index in [4.69, 9.17) is 23.8 Å². The minimum absolute atomic E-state index is 0.285. The molecule has 2 N–H and O–H groups in total. The molecule has 0 radical (unpaired) electrons. The van der Waals surface area contributed by atoms with E-state index in [0.29, 0.717) is 17.6 Å². The number of halogens is 3. The van der Waals surface area contributed by atoms with Gasteiger partial charge in [-0.05, 0) is 54.5 Å². The third-order valence-electron chi connectivity index (χ3n) is 3.08. The van der Waals surface area contributed by atoms with Gasteiger partial charge in [0, 0.05) is 34.0 Å². The largest absolute Gasteiger partial charge is 0.362 e. The maximum Gasteiger partial charge on any atom is 0.170 e. The lowest BCUT2D eigenvalue weighted by atomic mass is 10.2. The third kappa shape index (κ3) is 6.63. The minimum Gasteiger partial charge on any atom is -0.362 e. The lowest BCUT2D eigenvalue weighted by Gasteiger charge is -2.15. The van der Waals surface area contributed by atoms with Crippen molar-refractivity contribution in [3.63, 3.8) is 0 Å². The predicted molar refractivity (Wildman–Crippen MR) is 102 cm³/mol. The van der Waals surface area contributed by atoms with Crippen LogP contribution >= 0.6 is 35.6 Å². The van der Waals surface area contributed by atoms with Crippen LogP contribution in [0.3, 0.4) is 0 Å². The molecule has 0 aliphatic heterocycles. The van der Waals surface area contributed by atoms with Gasteiger partial charge in [-0.25, -0.2) is 8.78 Å². The molecule has 0 fully saturated rings. The average molecular weight is 387 g/mol. The van der Waals surface area contributed by atoms with Gasteiger partial charge in [0.05, 0.1) is 0 Å². The third-order valence-corrected chi connectivity index (χ3v) is 4.92. The molecule has 0 bridgehead atoms. The topological polar surface area (TPSA) is 24.1 Å². The Morgan fingerprint density at radius 2 is 1.79 bits per heavy atom. The van der Waals surface area contributed by atoms with Crippen molar-refractivity contribution in [2.45, 2.75) is 11.8 Å². The highest BCUT2D eigenvalue weighted by Gasteiger charge is 2.06. The van der Waals surface area contributed by atoms with Crippen molar-refractivity contribution >= 4 is 46.4 Å². The standard InChI is InChI=1S/C17H17ClF2N2S2/c1-11(10-24-16-4-2-12(18)3-5-16)9-21-17(23)22-15-7-13(19)6-14(20)8-15/h2-8,11H,9-10H2,1H3,(H2,21,22,23)/t11-/m0/s1. The van der Waals surface area contributed by atoms with Crippen LogP contribution in [0, 0.1) is 17.6 Å². The minimum atomic E-state index is -0.645. The first-order valence-electron chi connectivity index (χ1n) is 7.31. The fraction of sp³-hybridized carbons (Fsp3) is 0.235. The Bertz CT molecular complexity index is 675. The SMILES string of the molecule is C[C@@H](CNC(=S)Nc1cc(F)cc(F)c1)CSc1ccc(Cl)cc1. The van der Waals surface area contributed by atoms with Crippen LogP contribution in [-0.2, 0) is 0 Å². The fourth-order valence-corrected chi connectivity index (χ4v) is 3.15. The number of thioether (sulfide) groups is 1. The molecule has 2 nitrogen and oxygen atoms in total. The van der Waals surface area contributed by atoms with Crippen LogP contribution in [0.1, 0.15) is 6.92 Å². The number of thiocarbonyl (C=S) groups is 1. The zero-order valence-corrected chi connectivity index (χ0v) is 15.4. The fourth-order valence-electron chi connectivity index (χ4n) is 1.90. The van der Waals surface area contributed by atoms with Crippen LogP contribution in [0.2, 0.25) is 5.02 Å². The van der Waals surface area contributed by atoms with E-state index in [-0.39, 0.29) is 5.69 Å². The molecule has 0 aliphatic rings. The van der Waals surface area contributed by atoms with Crippen molar-refractivity contribution in [3.8, 4) is 0 Å². The summed E-state index contributed by atoms with van der Waals surface area (Å²) in [6.45, 7) is 2.75. The Morgan fingerprint density at radius 3 is 2.42 bits per heavy atom. The molecule has 1 atom stereocenters. The van der Waals surface area contributed by atoms with E-state index < -0.39 is 11.6 Å². The molecule has 0 spiro atoms. The van der Waals surface area contributed by atoms with E-state index >= 15 is 0 Å². The summed E-state index contributed by atoms with van der Waals surface area (Å²) in [5, 5.41) is 6.89. The molecule has 0 aromatic heterocycles. The molecular formula is C17H17ClF2N2S2. The maximum atomic E-state index is 13.1. The van der Waals surface area contributed by atoms with Gasteiger partial charge in [-0.15, -0.1) is 11.8 Å². The van der Waals surface area contributed by atoms with E-state index in [1.165, 1.54) is 12.1 Å². The summed E-state index contributed by atoms with van der Waals surface area (Å²) in [6, 6.07) is 10.9. The molecule has 0 heterocycles. The van der Waals surface area contributed by atoms with Gasteiger partial charge >= 0.3 is 0 Å². The molecule has 0 aliphatic carbocycles. The zero-order chi connectivity index (χ0) is 17.5. The smallest absolute Gasteiger partial charge is 0.170 e. The Morgan fingerprint density at radius 1 is 1.17 bits per heavy atom. The van der Waals surface area contributed by atoms with Crippen LogP contribution in [0.25, 0.3) is 0 Å². The van der Waals surface area contributed by atoms with Gasteiger partial charge in [0.15, 0.2) is 5.11 Å². The number of benzene rings is 2. The van der Waals surface area contributed by atoms with Gasteiger partial charge in [0.1, 0.15) is 11.6 Å². The van der Waals surface area contributed by atoms with E-state index in [9.17, 15) is 8.78 Å².